The van der Waals surface area contributed by atoms with Crippen LogP contribution in [0.5, 0.6) is 0 Å². The molecule has 1 atom stereocenters. The van der Waals surface area contributed by atoms with Gasteiger partial charge in [-0.3, -0.25) is 0 Å². The first-order chi connectivity index (χ1) is 6.70. The topological polar surface area (TPSA) is 9.23 Å². The van der Waals surface area contributed by atoms with Crippen LogP contribution in [0.1, 0.15) is 16.0 Å². The summed E-state index contributed by atoms with van der Waals surface area (Å²) in [5, 5.41) is 1.54. The van der Waals surface area contributed by atoms with Crippen LogP contribution in [0.25, 0.3) is 0 Å². The SMILES string of the molecule is Clc1ccc(Cl)c2c1CCOCC2Br. The van der Waals surface area contributed by atoms with E-state index in [2.05, 4.69) is 15.9 Å². The summed E-state index contributed by atoms with van der Waals surface area (Å²) in [6, 6.07) is 3.68. The van der Waals surface area contributed by atoms with Crippen LogP contribution >= 0.6 is 39.1 Å². The Labute approximate surface area is 101 Å². The molecule has 76 valence electrons. The van der Waals surface area contributed by atoms with Gasteiger partial charge in [-0.2, -0.15) is 0 Å². The lowest BCUT2D eigenvalue weighted by molar-refractivity contribution is 0.146. The van der Waals surface area contributed by atoms with Gasteiger partial charge in [0.1, 0.15) is 0 Å². The largest absolute Gasteiger partial charge is 0.380 e. The lowest BCUT2D eigenvalue weighted by Crippen LogP contribution is -1.99. The highest BCUT2D eigenvalue weighted by Crippen LogP contribution is 2.37. The maximum Gasteiger partial charge on any atom is 0.0646 e. The summed E-state index contributed by atoms with van der Waals surface area (Å²) < 4.78 is 5.44. The van der Waals surface area contributed by atoms with E-state index < -0.39 is 0 Å². The number of fused-ring (bicyclic) bond motifs is 1. The molecule has 2 rings (SSSR count). The number of alkyl halides is 1. The number of hydrogen-bond donors (Lipinski definition) is 0. The Morgan fingerprint density at radius 2 is 2.00 bits per heavy atom. The van der Waals surface area contributed by atoms with Crippen LogP contribution in [0.3, 0.4) is 0 Å². The Balaban J connectivity index is 2.57. The molecule has 0 saturated heterocycles. The molecule has 14 heavy (non-hydrogen) atoms. The van der Waals surface area contributed by atoms with Crippen LogP contribution in [-0.4, -0.2) is 13.2 Å². The molecule has 1 aliphatic heterocycles. The Bertz CT molecular complexity index is 354. The van der Waals surface area contributed by atoms with Crippen LogP contribution in [0.15, 0.2) is 12.1 Å². The molecule has 1 heterocycles. The second-order valence-electron chi connectivity index (χ2n) is 3.21. The second-order valence-corrected chi connectivity index (χ2v) is 5.13. The van der Waals surface area contributed by atoms with Crippen molar-refractivity contribution in [3.63, 3.8) is 0 Å². The van der Waals surface area contributed by atoms with E-state index in [9.17, 15) is 0 Å². The number of hydrogen-bond acceptors (Lipinski definition) is 1. The van der Waals surface area contributed by atoms with E-state index in [1.54, 1.807) is 0 Å². The maximum atomic E-state index is 6.14. The molecule has 0 N–H and O–H groups in total. The predicted octanol–water partition coefficient (Wildman–Crippen LogP) is 4.00. The predicted molar refractivity (Wildman–Crippen MR) is 62.7 cm³/mol. The van der Waals surface area contributed by atoms with Gasteiger partial charge in [-0.15, -0.1) is 0 Å². The minimum Gasteiger partial charge on any atom is -0.380 e. The molecule has 0 radical (unpaired) electrons. The smallest absolute Gasteiger partial charge is 0.0646 e. The van der Waals surface area contributed by atoms with Gasteiger partial charge in [-0.05, 0) is 29.7 Å². The highest BCUT2D eigenvalue weighted by Gasteiger charge is 2.21. The van der Waals surface area contributed by atoms with Crippen LogP contribution in [0.2, 0.25) is 10.0 Å². The third kappa shape index (κ3) is 1.94. The van der Waals surface area contributed by atoms with Crippen molar-refractivity contribution in [3.05, 3.63) is 33.3 Å². The fourth-order valence-electron chi connectivity index (χ4n) is 1.65. The summed E-state index contributed by atoms with van der Waals surface area (Å²) in [5.74, 6) is 0. The van der Waals surface area contributed by atoms with E-state index >= 15 is 0 Å². The number of rotatable bonds is 0. The molecule has 0 aliphatic carbocycles. The summed E-state index contributed by atoms with van der Waals surface area (Å²) in [4.78, 5) is 0.145. The molecule has 0 bridgehead atoms. The Morgan fingerprint density at radius 3 is 2.79 bits per heavy atom. The third-order valence-electron chi connectivity index (χ3n) is 2.32. The van der Waals surface area contributed by atoms with E-state index in [0.29, 0.717) is 13.2 Å². The summed E-state index contributed by atoms with van der Waals surface area (Å²) in [6.45, 7) is 1.35. The fourth-order valence-corrected chi connectivity index (χ4v) is 3.06. The summed E-state index contributed by atoms with van der Waals surface area (Å²) in [6.07, 6.45) is 0.830. The first kappa shape index (κ1) is 10.7. The van der Waals surface area contributed by atoms with Gasteiger partial charge in [0.2, 0.25) is 0 Å². The van der Waals surface area contributed by atoms with Gasteiger partial charge >= 0.3 is 0 Å². The van der Waals surface area contributed by atoms with Crippen molar-refractivity contribution in [3.8, 4) is 0 Å². The molecule has 4 heteroatoms. The van der Waals surface area contributed by atoms with Crippen LogP contribution in [0, 0.1) is 0 Å². The quantitative estimate of drug-likeness (QED) is 0.657. The van der Waals surface area contributed by atoms with Crippen molar-refractivity contribution in [1.82, 2.24) is 0 Å². The Kier molecular flexibility index (Phi) is 3.38. The van der Waals surface area contributed by atoms with E-state index in [1.165, 1.54) is 0 Å². The number of ether oxygens (including phenoxy) is 1. The van der Waals surface area contributed by atoms with Crippen molar-refractivity contribution in [2.75, 3.05) is 13.2 Å². The van der Waals surface area contributed by atoms with Crippen LogP contribution < -0.4 is 0 Å². The minimum atomic E-state index is 0.145. The molecule has 1 nitrogen and oxygen atoms in total. The van der Waals surface area contributed by atoms with E-state index in [0.717, 1.165) is 27.6 Å². The average Bonchev–Trinajstić information content (AvgIpc) is 2.35. The monoisotopic (exact) mass is 294 g/mol. The van der Waals surface area contributed by atoms with E-state index in [4.69, 9.17) is 27.9 Å². The average molecular weight is 296 g/mol. The normalized spacial score (nSPS) is 21.5. The molecular formula is C10H9BrCl2O. The van der Waals surface area contributed by atoms with Crippen molar-refractivity contribution in [1.29, 1.82) is 0 Å². The van der Waals surface area contributed by atoms with Gasteiger partial charge in [-0.25, -0.2) is 0 Å². The van der Waals surface area contributed by atoms with Gasteiger partial charge in [0.15, 0.2) is 0 Å². The van der Waals surface area contributed by atoms with Crippen LogP contribution in [0.4, 0.5) is 0 Å². The van der Waals surface area contributed by atoms with Gasteiger partial charge in [0, 0.05) is 10.0 Å². The molecule has 0 saturated carbocycles. The zero-order chi connectivity index (χ0) is 10.1. The lowest BCUT2D eigenvalue weighted by atomic mass is 10.0. The maximum absolute atomic E-state index is 6.14. The molecule has 1 aromatic rings. The molecule has 0 aromatic heterocycles. The lowest BCUT2D eigenvalue weighted by Gasteiger charge is -2.13. The third-order valence-corrected chi connectivity index (χ3v) is 3.73. The fraction of sp³-hybridized carbons (Fsp3) is 0.400. The minimum absolute atomic E-state index is 0.145. The first-order valence-corrected chi connectivity index (χ1v) is 6.06. The van der Waals surface area contributed by atoms with Crippen LogP contribution in [-0.2, 0) is 11.2 Å². The zero-order valence-electron chi connectivity index (χ0n) is 7.40. The summed E-state index contributed by atoms with van der Waals surface area (Å²) in [5.41, 5.74) is 2.19. The van der Waals surface area contributed by atoms with Gasteiger partial charge in [0.25, 0.3) is 0 Å². The van der Waals surface area contributed by atoms with Crippen molar-refractivity contribution < 1.29 is 4.74 Å². The van der Waals surface area contributed by atoms with Gasteiger partial charge in [0.05, 0.1) is 18.0 Å². The molecule has 0 fully saturated rings. The first-order valence-electron chi connectivity index (χ1n) is 4.38. The van der Waals surface area contributed by atoms with Crippen molar-refractivity contribution >= 4 is 39.1 Å². The highest BCUT2D eigenvalue weighted by atomic mass is 79.9. The molecule has 1 aliphatic rings. The Hall–Kier alpha value is 0.240. The van der Waals surface area contributed by atoms with Crippen molar-refractivity contribution in [2.45, 2.75) is 11.2 Å². The number of benzene rings is 1. The summed E-state index contributed by atoms with van der Waals surface area (Å²) >= 11 is 15.8. The molecule has 1 unspecified atom stereocenters. The highest BCUT2D eigenvalue weighted by molar-refractivity contribution is 9.09. The number of halogens is 3. The molecule has 0 spiro atoms. The molecule has 0 amide bonds. The zero-order valence-corrected chi connectivity index (χ0v) is 10.5. The Morgan fingerprint density at radius 1 is 1.29 bits per heavy atom. The van der Waals surface area contributed by atoms with Gasteiger partial charge in [-0.1, -0.05) is 39.1 Å². The van der Waals surface area contributed by atoms with E-state index in [1.807, 2.05) is 12.1 Å². The second kappa shape index (κ2) is 4.40. The van der Waals surface area contributed by atoms with Gasteiger partial charge < -0.3 is 4.74 Å². The molecule has 1 aromatic carbocycles. The summed E-state index contributed by atoms with van der Waals surface area (Å²) in [7, 11) is 0. The van der Waals surface area contributed by atoms with Crippen molar-refractivity contribution in [2.24, 2.45) is 0 Å². The molecular weight excluding hydrogens is 287 g/mol. The standard InChI is InChI=1S/C10H9BrCl2O/c11-7-5-14-4-3-6-8(12)1-2-9(13)10(6)7/h1-2,7H,3-5H2. The van der Waals surface area contributed by atoms with E-state index in [-0.39, 0.29) is 4.83 Å².